The lowest BCUT2D eigenvalue weighted by molar-refractivity contribution is 0.0136. The van der Waals surface area contributed by atoms with Crippen molar-refractivity contribution in [3.05, 3.63) is 72.8 Å². The topological polar surface area (TPSA) is 21.7 Å². The zero-order valence-corrected chi connectivity index (χ0v) is 15.9. The SMILES string of the molecule is CC1(Oc2ccccc2)CCN(CCOc2ccc3ccccc3c2)CC1. The van der Waals surface area contributed by atoms with Crippen LogP contribution in [0.2, 0.25) is 0 Å². The summed E-state index contributed by atoms with van der Waals surface area (Å²) in [4.78, 5) is 2.47. The molecule has 1 aliphatic heterocycles. The molecule has 0 unspecified atom stereocenters. The van der Waals surface area contributed by atoms with Crippen LogP contribution in [0.1, 0.15) is 19.8 Å². The van der Waals surface area contributed by atoms with Gasteiger partial charge in [-0.25, -0.2) is 0 Å². The third kappa shape index (κ3) is 4.61. The summed E-state index contributed by atoms with van der Waals surface area (Å²) < 4.78 is 12.2. The molecule has 3 nitrogen and oxygen atoms in total. The molecule has 3 heteroatoms. The smallest absolute Gasteiger partial charge is 0.120 e. The van der Waals surface area contributed by atoms with E-state index in [9.17, 15) is 0 Å². The second kappa shape index (κ2) is 8.01. The van der Waals surface area contributed by atoms with E-state index in [1.54, 1.807) is 0 Å². The highest BCUT2D eigenvalue weighted by molar-refractivity contribution is 5.83. The summed E-state index contributed by atoms with van der Waals surface area (Å²) in [6.45, 7) is 5.99. The van der Waals surface area contributed by atoms with Gasteiger partial charge in [-0.05, 0) is 54.8 Å². The number of likely N-dealkylation sites (tertiary alicyclic amines) is 1. The fourth-order valence-electron chi connectivity index (χ4n) is 3.67. The second-order valence-electron chi connectivity index (χ2n) is 7.56. The highest BCUT2D eigenvalue weighted by atomic mass is 16.5. The fraction of sp³-hybridized carbons (Fsp3) is 0.333. The molecule has 0 bridgehead atoms. The van der Waals surface area contributed by atoms with E-state index in [0.29, 0.717) is 6.61 Å². The van der Waals surface area contributed by atoms with Gasteiger partial charge in [-0.15, -0.1) is 0 Å². The van der Waals surface area contributed by atoms with Crippen molar-refractivity contribution in [3.63, 3.8) is 0 Å². The van der Waals surface area contributed by atoms with Crippen LogP contribution >= 0.6 is 0 Å². The van der Waals surface area contributed by atoms with Crippen LogP contribution in [0.15, 0.2) is 72.8 Å². The summed E-state index contributed by atoms with van der Waals surface area (Å²) in [6, 6.07) is 24.8. The maximum Gasteiger partial charge on any atom is 0.120 e. The average molecular weight is 361 g/mol. The quantitative estimate of drug-likeness (QED) is 0.606. The van der Waals surface area contributed by atoms with E-state index in [0.717, 1.165) is 44.0 Å². The number of piperidine rings is 1. The minimum Gasteiger partial charge on any atom is -0.492 e. The Hall–Kier alpha value is -2.52. The second-order valence-corrected chi connectivity index (χ2v) is 7.56. The van der Waals surface area contributed by atoms with Crippen molar-refractivity contribution in [1.29, 1.82) is 0 Å². The number of hydrogen-bond donors (Lipinski definition) is 0. The largest absolute Gasteiger partial charge is 0.492 e. The monoisotopic (exact) mass is 361 g/mol. The van der Waals surface area contributed by atoms with Gasteiger partial charge in [0.05, 0.1) is 0 Å². The molecule has 0 aliphatic carbocycles. The lowest BCUT2D eigenvalue weighted by Gasteiger charge is -2.39. The third-order valence-corrected chi connectivity index (χ3v) is 5.42. The number of benzene rings is 3. The van der Waals surface area contributed by atoms with Gasteiger partial charge in [0.1, 0.15) is 23.7 Å². The van der Waals surface area contributed by atoms with Crippen molar-refractivity contribution in [3.8, 4) is 11.5 Å². The Morgan fingerprint density at radius 3 is 2.30 bits per heavy atom. The first-order valence-electron chi connectivity index (χ1n) is 9.78. The molecule has 1 saturated heterocycles. The lowest BCUT2D eigenvalue weighted by Crippen LogP contribution is -2.47. The average Bonchev–Trinajstić information content (AvgIpc) is 2.70. The van der Waals surface area contributed by atoms with E-state index in [-0.39, 0.29) is 5.60 Å². The van der Waals surface area contributed by atoms with Gasteiger partial charge in [0.2, 0.25) is 0 Å². The Bertz CT molecular complexity index is 870. The van der Waals surface area contributed by atoms with Gasteiger partial charge in [-0.1, -0.05) is 48.5 Å². The Balaban J connectivity index is 1.24. The molecule has 3 aromatic carbocycles. The number of ether oxygens (including phenoxy) is 2. The summed E-state index contributed by atoms with van der Waals surface area (Å²) in [6.07, 6.45) is 2.08. The van der Waals surface area contributed by atoms with Crippen molar-refractivity contribution in [2.75, 3.05) is 26.2 Å². The summed E-state index contributed by atoms with van der Waals surface area (Å²) in [5, 5.41) is 2.47. The predicted molar refractivity (Wildman–Crippen MR) is 111 cm³/mol. The van der Waals surface area contributed by atoms with E-state index in [2.05, 4.69) is 54.3 Å². The van der Waals surface area contributed by atoms with Gasteiger partial charge in [-0.3, -0.25) is 4.90 Å². The van der Waals surface area contributed by atoms with Crippen LogP contribution in [0.3, 0.4) is 0 Å². The molecule has 1 aliphatic rings. The van der Waals surface area contributed by atoms with E-state index in [1.807, 2.05) is 30.3 Å². The molecule has 1 fully saturated rings. The number of fused-ring (bicyclic) bond motifs is 1. The van der Waals surface area contributed by atoms with Crippen LogP contribution in [0, 0.1) is 0 Å². The van der Waals surface area contributed by atoms with Gasteiger partial charge >= 0.3 is 0 Å². The van der Waals surface area contributed by atoms with E-state index in [4.69, 9.17) is 9.47 Å². The van der Waals surface area contributed by atoms with Gasteiger partial charge in [0.15, 0.2) is 0 Å². The molecule has 0 radical (unpaired) electrons. The van der Waals surface area contributed by atoms with Crippen molar-refractivity contribution in [1.82, 2.24) is 4.90 Å². The number of rotatable bonds is 6. The minimum absolute atomic E-state index is 0.0724. The first-order chi connectivity index (χ1) is 13.2. The van der Waals surface area contributed by atoms with Gasteiger partial charge < -0.3 is 9.47 Å². The molecule has 3 aromatic rings. The lowest BCUT2D eigenvalue weighted by atomic mass is 9.93. The fourth-order valence-corrected chi connectivity index (χ4v) is 3.67. The molecule has 0 aromatic heterocycles. The van der Waals surface area contributed by atoms with E-state index in [1.165, 1.54) is 10.8 Å². The number of para-hydroxylation sites is 1. The Kier molecular flexibility index (Phi) is 5.30. The van der Waals surface area contributed by atoms with Gasteiger partial charge in [0.25, 0.3) is 0 Å². The Morgan fingerprint density at radius 2 is 1.52 bits per heavy atom. The third-order valence-electron chi connectivity index (χ3n) is 5.42. The molecule has 4 rings (SSSR count). The highest BCUT2D eigenvalue weighted by Crippen LogP contribution is 2.28. The maximum absolute atomic E-state index is 6.25. The molecule has 0 amide bonds. The zero-order valence-electron chi connectivity index (χ0n) is 15.9. The molecule has 140 valence electrons. The van der Waals surface area contributed by atoms with Crippen molar-refractivity contribution >= 4 is 10.8 Å². The van der Waals surface area contributed by atoms with E-state index < -0.39 is 0 Å². The van der Waals surface area contributed by atoms with Crippen LogP contribution in [0.4, 0.5) is 0 Å². The maximum atomic E-state index is 6.25. The van der Waals surface area contributed by atoms with Crippen molar-refractivity contribution in [2.45, 2.75) is 25.4 Å². The van der Waals surface area contributed by atoms with Crippen LogP contribution in [0.5, 0.6) is 11.5 Å². The summed E-state index contributed by atoms with van der Waals surface area (Å²) in [5.41, 5.74) is -0.0724. The Labute approximate surface area is 161 Å². The number of nitrogens with zero attached hydrogens (tertiary/aromatic N) is 1. The standard InChI is InChI=1S/C24H27NO2/c1-24(27-22-9-3-2-4-10-22)13-15-25(16-14-24)17-18-26-23-12-11-20-7-5-6-8-21(20)19-23/h2-12,19H,13-18H2,1H3. The van der Waals surface area contributed by atoms with E-state index >= 15 is 0 Å². The summed E-state index contributed by atoms with van der Waals surface area (Å²) >= 11 is 0. The first kappa shape index (κ1) is 17.9. The number of hydrogen-bond acceptors (Lipinski definition) is 3. The van der Waals surface area contributed by atoms with Crippen LogP contribution < -0.4 is 9.47 Å². The highest BCUT2D eigenvalue weighted by Gasteiger charge is 2.31. The summed E-state index contributed by atoms with van der Waals surface area (Å²) in [7, 11) is 0. The van der Waals surface area contributed by atoms with Crippen molar-refractivity contribution < 1.29 is 9.47 Å². The van der Waals surface area contributed by atoms with Crippen LogP contribution in [0.25, 0.3) is 10.8 Å². The van der Waals surface area contributed by atoms with Crippen LogP contribution in [-0.2, 0) is 0 Å². The molecule has 0 saturated carbocycles. The van der Waals surface area contributed by atoms with Crippen LogP contribution in [-0.4, -0.2) is 36.7 Å². The molecule has 1 heterocycles. The first-order valence-corrected chi connectivity index (χ1v) is 9.78. The Morgan fingerprint density at radius 1 is 0.815 bits per heavy atom. The molecular formula is C24H27NO2. The molecular weight excluding hydrogens is 334 g/mol. The molecule has 0 spiro atoms. The zero-order chi connectivity index (χ0) is 18.5. The van der Waals surface area contributed by atoms with Crippen molar-refractivity contribution in [2.24, 2.45) is 0 Å². The molecule has 27 heavy (non-hydrogen) atoms. The van der Waals surface area contributed by atoms with Gasteiger partial charge in [-0.2, -0.15) is 0 Å². The normalized spacial score (nSPS) is 16.9. The summed E-state index contributed by atoms with van der Waals surface area (Å²) in [5.74, 6) is 1.91. The predicted octanol–water partition coefficient (Wildman–Crippen LogP) is 5.15. The minimum atomic E-state index is -0.0724. The molecule has 0 N–H and O–H groups in total. The van der Waals surface area contributed by atoms with Gasteiger partial charge in [0, 0.05) is 19.6 Å². The molecule has 0 atom stereocenters.